The first kappa shape index (κ1) is 17.7. The number of hydrogen-bond donors (Lipinski definition) is 3. The topological polar surface area (TPSA) is 112 Å². The number of aryl methyl sites for hydroxylation is 1. The Bertz CT molecular complexity index is 988. The summed E-state index contributed by atoms with van der Waals surface area (Å²) >= 11 is 1.39. The van der Waals surface area contributed by atoms with Crippen molar-refractivity contribution in [3.05, 3.63) is 41.3 Å². The van der Waals surface area contributed by atoms with Gasteiger partial charge in [0.1, 0.15) is 28.8 Å². The van der Waals surface area contributed by atoms with Crippen LogP contribution >= 0.6 is 11.3 Å². The third-order valence-electron chi connectivity index (χ3n) is 3.79. The molecule has 0 aliphatic rings. The van der Waals surface area contributed by atoms with E-state index < -0.39 is 24.4 Å². The van der Waals surface area contributed by atoms with Gasteiger partial charge in [-0.15, -0.1) is 11.3 Å². The lowest BCUT2D eigenvalue weighted by molar-refractivity contribution is -0.144. The Morgan fingerprint density at radius 1 is 1.23 bits per heavy atom. The number of anilines is 1. The van der Waals surface area contributed by atoms with Crippen LogP contribution in [0.1, 0.15) is 11.3 Å². The van der Waals surface area contributed by atoms with Gasteiger partial charge in [-0.1, -0.05) is 12.1 Å². The van der Waals surface area contributed by atoms with Crippen LogP contribution in [-0.4, -0.2) is 38.2 Å². The van der Waals surface area contributed by atoms with E-state index in [-0.39, 0.29) is 11.6 Å². The van der Waals surface area contributed by atoms with Crippen molar-refractivity contribution < 1.29 is 24.2 Å². The fraction of sp³-hybridized carbons (Fsp3) is 0.176. The molecular formula is C17H14FN3O4S. The molecule has 3 aromatic rings. The van der Waals surface area contributed by atoms with E-state index in [1.807, 2.05) is 6.92 Å². The molecule has 7 nitrogen and oxygen atoms in total. The maximum Gasteiger partial charge on any atom is 0.326 e. The molecule has 0 bridgehead atoms. The van der Waals surface area contributed by atoms with E-state index in [1.54, 1.807) is 12.1 Å². The Labute approximate surface area is 151 Å². The fourth-order valence-corrected chi connectivity index (χ4v) is 3.67. The summed E-state index contributed by atoms with van der Waals surface area (Å²) in [5.74, 6) is -2.68. The molecule has 9 heteroatoms. The van der Waals surface area contributed by atoms with Crippen molar-refractivity contribution >= 4 is 39.3 Å². The zero-order valence-electron chi connectivity index (χ0n) is 13.6. The lowest BCUT2D eigenvalue weighted by Gasteiger charge is -2.14. The third-order valence-corrected chi connectivity index (χ3v) is 4.80. The van der Waals surface area contributed by atoms with Crippen LogP contribution in [0, 0.1) is 12.7 Å². The number of carboxylic acids is 2. The van der Waals surface area contributed by atoms with Crippen LogP contribution in [0.2, 0.25) is 0 Å². The number of fused-ring (bicyclic) bond motifs is 1. The van der Waals surface area contributed by atoms with Gasteiger partial charge < -0.3 is 15.5 Å². The second-order valence-electron chi connectivity index (χ2n) is 5.58. The van der Waals surface area contributed by atoms with Gasteiger partial charge in [-0.3, -0.25) is 4.79 Å². The van der Waals surface area contributed by atoms with Crippen LogP contribution < -0.4 is 5.32 Å². The molecule has 1 aromatic carbocycles. The minimum atomic E-state index is -1.34. The molecule has 0 fully saturated rings. The smallest absolute Gasteiger partial charge is 0.326 e. The number of carboxylic acid groups (broad SMARTS) is 2. The molecule has 0 spiro atoms. The minimum absolute atomic E-state index is 0.229. The number of benzene rings is 1. The number of aliphatic carboxylic acids is 2. The first-order chi connectivity index (χ1) is 12.4. The van der Waals surface area contributed by atoms with Gasteiger partial charge in [0.05, 0.1) is 11.8 Å². The van der Waals surface area contributed by atoms with Crippen molar-refractivity contribution in [2.75, 3.05) is 5.32 Å². The van der Waals surface area contributed by atoms with E-state index in [0.29, 0.717) is 10.2 Å². The number of carbonyl (C=O) groups is 2. The van der Waals surface area contributed by atoms with Crippen molar-refractivity contribution in [2.24, 2.45) is 0 Å². The number of thiophene rings is 1. The van der Waals surface area contributed by atoms with Crippen LogP contribution in [0.5, 0.6) is 0 Å². The molecule has 2 heterocycles. The first-order valence-electron chi connectivity index (χ1n) is 7.58. The van der Waals surface area contributed by atoms with Gasteiger partial charge in [0, 0.05) is 10.4 Å². The molecule has 134 valence electrons. The normalized spacial score (nSPS) is 12.1. The predicted molar refractivity (Wildman–Crippen MR) is 94.8 cm³/mol. The van der Waals surface area contributed by atoms with Crippen molar-refractivity contribution in [2.45, 2.75) is 19.4 Å². The predicted octanol–water partition coefficient (Wildman–Crippen LogP) is 3.15. The Morgan fingerprint density at radius 3 is 2.54 bits per heavy atom. The number of halogens is 1. The number of rotatable bonds is 6. The molecule has 0 saturated carbocycles. The van der Waals surface area contributed by atoms with Crippen molar-refractivity contribution in [1.82, 2.24) is 9.97 Å². The highest BCUT2D eigenvalue weighted by atomic mass is 32.1. The van der Waals surface area contributed by atoms with Gasteiger partial charge in [0.15, 0.2) is 0 Å². The van der Waals surface area contributed by atoms with Crippen molar-refractivity contribution in [3.8, 4) is 11.1 Å². The Morgan fingerprint density at radius 2 is 1.92 bits per heavy atom. The van der Waals surface area contributed by atoms with E-state index >= 15 is 0 Å². The third kappa shape index (κ3) is 3.47. The number of hydrogen-bond acceptors (Lipinski definition) is 6. The number of nitrogens with one attached hydrogen (secondary N) is 1. The Kier molecular flexibility index (Phi) is 4.81. The van der Waals surface area contributed by atoms with E-state index in [4.69, 9.17) is 5.11 Å². The maximum atomic E-state index is 13.2. The summed E-state index contributed by atoms with van der Waals surface area (Å²) in [4.78, 5) is 32.1. The van der Waals surface area contributed by atoms with E-state index in [0.717, 1.165) is 16.0 Å². The quantitative estimate of drug-likeness (QED) is 0.607. The van der Waals surface area contributed by atoms with Gasteiger partial charge in [0.2, 0.25) is 0 Å². The maximum absolute atomic E-state index is 13.2. The highest BCUT2D eigenvalue weighted by molar-refractivity contribution is 7.19. The molecule has 26 heavy (non-hydrogen) atoms. The molecule has 3 N–H and O–H groups in total. The summed E-state index contributed by atoms with van der Waals surface area (Å²) < 4.78 is 13.2. The van der Waals surface area contributed by atoms with Crippen molar-refractivity contribution in [1.29, 1.82) is 0 Å². The Hall–Kier alpha value is -3.07. The van der Waals surface area contributed by atoms with Gasteiger partial charge >= 0.3 is 11.9 Å². The molecule has 0 radical (unpaired) electrons. The molecule has 1 unspecified atom stereocenters. The van der Waals surface area contributed by atoms with Crippen LogP contribution in [0.15, 0.2) is 30.6 Å². The lowest BCUT2D eigenvalue weighted by Crippen LogP contribution is -2.32. The summed E-state index contributed by atoms with van der Waals surface area (Å²) in [6, 6.07) is 4.56. The molecular weight excluding hydrogens is 361 g/mol. The van der Waals surface area contributed by atoms with E-state index in [1.165, 1.54) is 29.8 Å². The van der Waals surface area contributed by atoms with Crippen LogP contribution in [0.4, 0.5) is 10.2 Å². The van der Waals surface area contributed by atoms with Crippen LogP contribution in [-0.2, 0) is 9.59 Å². The van der Waals surface area contributed by atoms with E-state index in [2.05, 4.69) is 15.3 Å². The second kappa shape index (κ2) is 7.04. The van der Waals surface area contributed by atoms with Gasteiger partial charge in [-0.25, -0.2) is 19.2 Å². The number of nitrogens with zero attached hydrogens (tertiary/aromatic N) is 2. The van der Waals surface area contributed by atoms with Crippen molar-refractivity contribution in [3.63, 3.8) is 0 Å². The SMILES string of the molecule is Cc1sc2ncnc(NC(CC(=O)O)C(=O)O)c2c1-c1ccc(F)cc1. The second-order valence-corrected chi connectivity index (χ2v) is 6.78. The summed E-state index contributed by atoms with van der Waals surface area (Å²) in [6.07, 6.45) is 0.685. The lowest BCUT2D eigenvalue weighted by atomic mass is 10.0. The summed E-state index contributed by atoms with van der Waals surface area (Å²) in [7, 11) is 0. The fourth-order valence-electron chi connectivity index (χ4n) is 2.66. The molecule has 0 saturated heterocycles. The van der Waals surface area contributed by atoms with Crippen LogP contribution in [0.25, 0.3) is 21.3 Å². The number of aromatic nitrogens is 2. The highest BCUT2D eigenvalue weighted by Gasteiger charge is 2.24. The van der Waals surface area contributed by atoms with Gasteiger partial charge in [0.25, 0.3) is 0 Å². The Balaban J connectivity index is 2.13. The molecule has 0 aliphatic carbocycles. The molecule has 0 amide bonds. The van der Waals surface area contributed by atoms with Crippen LogP contribution in [0.3, 0.4) is 0 Å². The van der Waals surface area contributed by atoms with Gasteiger partial charge in [-0.05, 0) is 24.6 Å². The molecule has 1 atom stereocenters. The highest BCUT2D eigenvalue weighted by Crippen LogP contribution is 2.40. The molecule has 0 aliphatic heterocycles. The standard InChI is InChI=1S/C17H14FN3O4S/c1-8-13(9-2-4-10(18)5-3-9)14-15(19-7-20-16(14)26-8)21-11(17(24)25)6-12(22)23/h2-5,7,11H,6H2,1H3,(H,22,23)(H,24,25)(H,19,20,21). The minimum Gasteiger partial charge on any atom is -0.481 e. The monoisotopic (exact) mass is 375 g/mol. The molecule has 2 aromatic heterocycles. The first-order valence-corrected chi connectivity index (χ1v) is 8.39. The zero-order valence-corrected chi connectivity index (χ0v) is 14.4. The summed E-state index contributed by atoms with van der Waals surface area (Å²) in [5, 5.41) is 21.5. The summed E-state index contributed by atoms with van der Waals surface area (Å²) in [5.41, 5.74) is 1.49. The van der Waals surface area contributed by atoms with E-state index in [9.17, 15) is 19.1 Å². The summed E-state index contributed by atoms with van der Waals surface area (Å²) in [6.45, 7) is 1.88. The average molecular weight is 375 g/mol. The molecule has 3 rings (SSSR count). The average Bonchev–Trinajstić information content (AvgIpc) is 2.91. The zero-order chi connectivity index (χ0) is 18.8. The van der Waals surface area contributed by atoms with Gasteiger partial charge in [-0.2, -0.15) is 0 Å². The largest absolute Gasteiger partial charge is 0.481 e.